The zero-order valence-corrected chi connectivity index (χ0v) is 25.6. The lowest BCUT2D eigenvalue weighted by molar-refractivity contribution is -0.384. The number of likely N-dealkylation sites (tertiary alicyclic amines) is 1. The molecule has 1 heterocycles. The largest absolute Gasteiger partial charge is 0.445 e. The van der Waals surface area contributed by atoms with Crippen LogP contribution >= 0.6 is 0 Å². The number of hydrogen-bond acceptors (Lipinski definition) is 6. The van der Waals surface area contributed by atoms with Gasteiger partial charge in [-0.2, -0.15) is 0 Å². The highest BCUT2D eigenvalue weighted by molar-refractivity contribution is 5.94. The molecule has 1 aliphatic rings. The molecular formula is C35H42N4O5. The van der Waals surface area contributed by atoms with Crippen molar-refractivity contribution in [1.29, 1.82) is 0 Å². The predicted molar refractivity (Wildman–Crippen MR) is 171 cm³/mol. The van der Waals surface area contributed by atoms with E-state index in [0.717, 1.165) is 38.9 Å². The van der Waals surface area contributed by atoms with E-state index >= 15 is 0 Å². The summed E-state index contributed by atoms with van der Waals surface area (Å²) in [6.45, 7) is 9.64. The molecule has 1 unspecified atom stereocenters. The highest BCUT2D eigenvalue weighted by Crippen LogP contribution is 2.30. The summed E-state index contributed by atoms with van der Waals surface area (Å²) in [6.07, 6.45) is 3.80. The number of benzene rings is 3. The van der Waals surface area contributed by atoms with Crippen molar-refractivity contribution in [2.75, 3.05) is 39.8 Å². The van der Waals surface area contributed by atoms with Gasteiger partial charge < -0.3 is 19.4 Å². The lowest BCUT2D eigenvalue weighted by atomic mass is 9.78. The molecule has 0 aliphatic carbocycles. The second-order valence-electron chi connectivity index (χ2n) is 11.7. The van der Waals surface area contributed by atoms with Crippen LogP contribution in [0.4, 0.5) is 10.5 Å². The molecule has 1 atom stereocenters. The van der Waals surface area contributed by atoms with Gasteiger partial charge in [-0.1, -0.05) is 61.5 Å². The maximum atomic E-state index is 13.2. The Morgan fingerprint density at radius 1 is 1.02 bits per heavy atom. The molecule has 0 spiro atoms. The van der Waals surface area contributed by atoms with E-state index in [1.807, 2.05) is 60.5 Å². The van der Waals surface area contributed by atoms with Gasteiger partial charge >= 0.3 is 6.09 Å². The fourth-order valence-corrected chi connectivity index (χ4v) is 5.86. The normalized spacial score (nSPS) is 15.1. The molecule has 0 saturated carbocycles. The van der Waals surface area contributed by atoms with Gasteiger partial charge in [-0.05, 0) is 61.2 Å². The molecule has 1 aliphatic heterocycles. The van der Waals surface area contributed by atoms with Gasteiger partial charge in [0, 0.05) is 62.4 Å². The van der Waals surface area contributed by atoms with Crippen LogP contribution in [0.1, 0.15) is 47.7 Å². The van der Waals surface area contributed by atoms with Crippen LogP contribution in [-0.4, -0.2) is 77.4 Å². The van der Waals surface area contributed by atoms with E-state index < -0.39 is 11.0 Å². The first-order valence-electron chi connectivity index (χ1n) is 15.1. The molecule has 2 amide bonds. The number of likely N-dealkylation sites (N-methyl/N-ethyl adjacent to an activating group) is 1. The van der Waals surface area contributed by atoms with Crippen molar-refractivity contribution >= 4 is 17.7 Å². The number of nitrogens with zero attached hydrogens (tertiary/aromatic N) is 4. The van der Waals surface area contributed by atoms with Crippen LogP contribution in [0.25, 0.3) is 0 Å². The van der Waals surface area contributed by atoms with Gasteiger partial charge in [0.2, 0.25) is 0 Å². The Hall–Kier alpha value is -4.50. The van der Waals surface area contributed by atoms with E-state index in [1.165, 1.54) is 17.7 Å². The zero-order valence-electron chi connectivity index (χ0n) is 25.6. The van der Waals surface area contributed by atoms with Crippen LogP contribution in [0.5, 0.6) is 0 Å². The molecule has 0 aromatic heterocycles. The first-order valence-corrected chi connectivity index (χ1v) is 15.1. The van der Waals surface area contributed by atoms with Crippen molar-refractivity contribution in [2.24, 2.45) is 0 Å². The van der Waals surface area contributed by atoms with Gasteiger partial charge in [0.1, 0.15) is 6.61 Å². The minimum absolute atomic E-state index is 0.00287. The minimum atomic E-state index is -0.457. The molecule has 44 heavy (non-hydrogen) atoms. The first-order chi connectivity index (χ1) is 21.2. The molecule has 0 radical (unpaired) electrons. The Morgan fingerprint density at radius 3 is 2.23 bits per heavy atom. The van der Waals surface area contributed by atoms with Crippen LogP contribution in [-0.2, 0) is 16.8 Å². The zero-order chi connectivity index (χ0) is 31.5. The quantitative estimate of drug-likeness (QED) is 0.130. The molecule has 1 saturated heterocycles. The standard InChI is InChI=1S/C35H42N4O5/c1-4-22-38(34(41)44-26-28-15-17-32(18-16-28)39(42)43)31-19-23-37(24-20-31)25-21-35(2,30-13-9-6-10-14-30)27-36(3)33(40)29-11-7-5-8-12-29/h4-18,31H,1,19-27H2,2-3H3. The molecule has 3 aromatic rings. The van der Waals surface area contributed by atoms with E-state index in [-0.39, 0.29) is 29.7 Å². The van der Waals surface area contributed by atoms with Gasteiger partial charge in [0.25, 0.3) is 11.6 Å². The van der Waals surface area contributed by atoms with Crippen LogP contribution in [0, 0.1) is 10.1 Å². The average Bonchev–Trinajstić information content (AvgIpc) is 3.06. The lowest BCUT2D eigenvalue weighted by Gasteiger charge is -2.40. The van der Waals surface area contributed by atoms with Gasteiger partial charge in [0.05, 0.1) is 4.92 Å². The smallest absolute Gasteiger partial charge is 0.410 e. The molecule has 232 valence electrons. The minimum Gasteiger partial charge on any atom is -0.445 e. The third-order valence-electron chi connectivity index (χ3n) is 8.47. The van der Waals surface area contributed by atoms with E-state index in [1.54, 1.807) is 23.1 Å². The number of nitro benzene ring substituents is 1. The summed E-state index contributed by atoms with van der Waals surface area (Å²) in [5, 5.41) is 10.9. The maximum absolute atomic E-state index is 13.2. The van der Waals surface area contributed by atoms with Crippen LogP contribution in [0.3, 0.4) is 0 Å². The van der Waals surface area contributed by atoms with Crippen molar-refractivity contribution in [3.05, 3.63) is 124 Å². The Balaban J connectivity index is 1.33. The summed E-state index contributed by atoms with van der Waals surface area (Å²) >= 11 is 0. The molecule has 0 bridgehead atoms. The van der Waals surface area contributed by atoms with Gasteiger partial charge in [0.15, 0.2) is 0 Å². The number of rotatable bonds is 13. The summed E-state index contributed by atoms with van der Waals surface area (Å²) in [4.78, 5) is 42.6. The Bertz CT molecular complexity index is 1390. The van der Waals surface area contributed by atoms with Gasteiger partial charge in [-0.15, -0.1) is 6.58 Å². The molecule has 1 fully saturated rings. The van der Waals surface area contributed by atoms with Crippen molar-refractivity contribution in [3.63, 3.8) is 0 Å². The molecule has 0 N–H and O–H groups in total. The van der Waals surface area contributed by atoms with Crippen molar-refractivity contribution in [3.8, 4) is 0 Å². The highest BCUT2D eigenvalue weighted by atomic mass is 16.6. The third kappa shape index (κ3) is 8.54. The van der Waals surface area contributed by atoms with E-state index in [9.17, 15) is 19.7 Å². The average molecular weight is 599 g/mol. The number of hydrogen-bond donors (Lipinski definition) is 0. The highest BCUT2D eigenvalue weighted by Gasteiger charge is 2.33. The predicted octanol–water partition coefficient (Wildman–Crippen LogP) is 6.30. The number of non-ortho nitro benzene ring substituents is 1. The number of ether oxygens (including phenoxy) is 1. The van der Waals surface area contributed by atoms with Crippen LogP contribution < -0.4 is 0 Å². The van der Waals surface area contributed by atoms with Crippen molar-refractivity contribution in [1.82, 2.24) is 14.7 Å². The van der Waals surface area contributed by atoms with Crippen LogP contribution in [0.2, 0.25) is 0 Å². The number of piperidine rings is 1. The molecule has 3 aromatic carbocycles. The number of carbonyl (C=O) groups is 2. The van der Waals surface area contributed by atoms with Crippen LogP contribution in [0.15, 0.2) is 97.6 Å². The fraction of sp³-hybridized carbons (Fsp3) is 0.371. The lowest BCUT2D eigenvalue weighted by Crippen LogP contribution is -2.48. The molecule has 4 rings (SSSR count). The summed E-state index contributed by atoms with van der Waals surface area (Å²) in [6, 6.07) is 25.8. The topological polar surface area (TPSA) is 96.2 Å². The molecule has 9 heteroatoms. The Kier molecular flexibility index (Phi) is 11.3. The summed E-state index contributed by atoms with van der Waals surface area (Å²) in [5.41, 5.74) is 2.33. The SMILES string of the molecule is C=CCN(C(=O)OCc1ccc([N+](=O)[O-])cc1)C1CCN(CCC(C)(CN(C)C(=O)c2ccccc2)c2ccccc2)CC1. The second kappa shape index (κ2) is 15.3. The summed E-state index contributed by atoms with van der Waals surface area (Å²) in [7, 11) is 1.87. The third-order valence-corrected chi connectivity index (χ3v) is 8.47. The number of carbonyl (C=O) groups excluding carboxylic acids is 2. The molecular weight excluding hydrogens is 556 g/mol. The van der Waals surface area contributed by atoms with Crippen molar-refractivity contribution in [2.45, 2.75) is 44.2 Å². The van der Waals surface area contributed by atoms with E-state index in [0.29, 0.717) is 24.2 Å². The number of nitro groups is 1. The Morgan fingerprint density at radius 2 is 1.64 bits per heavy atom. The summed E-state index contributed by atoms with van der Waals surface area (Å²) < 4.78 is 5.58. The van der Waals surface area contributed by atoms with Gasteiger partial charge in [-0.25, -0.2) is 4.79 Å². The fourth-order valence-electron chi connectivity index (χ4n) is 5.86. The number of amides is 2. The Labute approximate surface area is 259 Å². The van der Waals surface area contributed by atoms with Gasteiger partial charge in [-0.3, -0.25) is 14.9 Å². The van der Waals surface area contributed by atoms with E-state index in [2.05, 4.69) is 30.5 Å². The maximum Gasteiger partial charge on any atom is 0.410 e. The van der Waals surface area contributed by atoms with E-state index in [4.69, 9.17) is 4.74 Å². The second-order valence-corrected chi connectivity index (χ2v) is 11.7. The first kappa shape index (κ1) is 32.4. The monoisotopic (exact) mass is 598 g/mol. The summed E-state index contributed by atoms with van der Waals surface area (Å²) in [5.74, 6) is 0.0105. The molecule has 9 nitrogen and oxygen atoms in total. The van der Waals surface area contributed by atoms with Crippen molar-refractivity contribution < 1.29 is 19.2 Å².